The molecule has 110 valence electrons. The zero-order chi connectivity index (χ0) is 14.9. The van der Waals surface area contributed by atoms with Crippen LogP contribution in [0.3, 0.4) is 0 Å². The van der Waals surface area contributed by atoms with Crippen LogP contribution in [0.2, 0.25) is 0 Å². The molecule has 0 spiro atoms. The summed E-state index contributed by atoms with van der Waals surface area (Å²) in [5.74, 6) is 1.40. The molecular weight excluding hydrogens is 280 g/mol. The van der Waals surface area contributed by atoms with Gasteiger partial charge in [0.15, 0.2) is 11.4 Å². The Morgan fingerprint density at radius 1 is 1.18 bits per heavy atom. The van der Waals surface area contributed by atoms with E-state index in [1.807, 2.05) is 42.5 Å². The SMILES string of the molecule is OCCNc1ccc2ncc(-c3cc4ccccc4o3)n2n1. The predicted molar refractivity (Wildman–Crippen MR) is 83.8 cm³/mol. The molecule has 3 heterocycles. The average Bonchev–Trinajstić information content (AvgIpc) is 3.15. The Labute approximate surface area is 126 Å². The fourth-order valence-electron chi connectivity index (χ4n) is 2.43. The molecule has 2 N–H and O–H groups in total. The highest BCUT2D eigenvalue weighted by molar-refractivity contribution is 5.82. The van der Waals surface area contributed by atoms with Gasteiger partial charge in [0, 0.05) is 11.9 Å². The molecule has 6 heteroatoms. The highest BCUT2D eigenvalue weighted by atomic mass is 16.3. The molecule has 0 saturated carbocycles. The molecule has 0 aliphatic carbocycles. The van der Waals surface area contributed by atoms with Crippen LogP contribution in [0.5, 0.6) is 0 Å². The molecule has 3 aromatic heterocycles. The molecule has 0 bridgehead atoms. The number of hydrogen-bond acceptors (Lipinski definition) is 5. The van der Waals surface area contributed by atoms with Crippen LogP contribution in [0.25, 0.3) is 28.1 Å². The van der Waals surface area contributed by atoms with Gasteiger partial charge in [0.25, 0.3) is 0 Å². The zero-order valence-electron chi connectivity index (χ0n) is 11.7. The molecule has 4 rings (SSSR count). The molecule has 0 aliphatic heterocycles. The van der Waals surface area contributed by atoms with Crippen molar-refractivity contribution in [1.29, 1.82) is 0 Å². The summed E-state index contributed by atoms with van der Waals surface area (Å²) < 4.78 is 7.61. The standard InChI is InChI=1S/C16H14N4O2/c21-8-7-17-15-5-6-16-18-10-12(20(16)19-15)14-9-11-3-1-2-4-13(11)22-14/h1-6,9-10,21H,7-8H2,(H,17,19). The lowest BCUT2D eigenvalue weighted by Crippen LogP contribution is -2.08. The first-order valence-electron chi connectivity index (χ1n) is 7.03. The fourth-order valence-corrected chi connectivity index (χ4v) is 2.43. The van der Waals surface area contributed by atoms with Crippen molar-refractivity contribution in [3.8, 4) is 11.5 Å². The molecule has 0 atom stereocenters. The van der Waals surface area contributed by atoms with E-state index in [1.54, 1.807) is 10.7 Å². The van der Waals surface area contributed by atoms with E-state index in [9.17, 15) is 0 Å². The largest absolute Gasteiger partial charge is 0.454 e. The first-order chi connectivity index (χ1) is 10.8. The van der Waals surface area contributed by atoms with Gasteiger partial charge in [-0.15, -0.1) is 5.10 Å². The summed E-state index contributed by atoms with van der Waals surface area (Å²) in [5.41, 5.74) is 2.37. The quantitative estimate of drug-likeness (QED) is 0.605. The van der Waals surface area contributed by atoms with Crippen molar-refractivity contribution in [3.63, 3.8) is 0 Å². The van der Waals surface area contributed by atoms with Gasteiger partial charge in [-0.05, 0) is 24.3 Å². The highest BCUT2D eigenvalue weighted by Gasteiger charge is 2.12. The number of hydrogen-bond donors (Lipinski definition) is 2. The maximum absolute atomic E-state index is 8.89. The lowest BCUT2D eigenvalue weighted by molar-refractivity contribution is 0.311. The number of aliphatic hydroxyl groups excluding tert-OH is 1. The summed E-state index contributed by atoms with van der Waals surface area (Å²) in [6.45, 7) is 0.507. The van der Waals surface area contributed by atoms with Crippen molar-refractivity contribution >= 4 is 22.4 Å². The summed E-state index contributed by atoms with van der Waals surface area (Å²) in [6.07, 6.45) is 1.75. The maximum atomic E-state index is 8.89. The molecule has 0 aliphatic rings. The van der Waals surface area contributed by atoms with Crippen molar-refractivity contribution in [3.05, 3.63) is 48.7 Å². The number of nitrogens with one attached hydrogen (secondary N) is 1. The van der Waals surface area contributed by atoms with Gasteiger partial charge in [-0.25, -0.2) is 9.50 Å². The number of para-hydroxylation sites is 1. The number of benzene rings is 1. The fraction of sp³-hybridized carbons (Fsp3) is 0.125. The maximum Gasteiger partial charge on any atom is 0.155 e. The highest BCUT2D eigenvalue weighted by Crippen LogP contribution is 2.28. The molecular formula is C16H14N4O2. The van der Waals surface area contributed by atoms with Crippen molar-refractivity contribution in [2.45, 2.75) is 0 Å². The minimum Gasteiger partial charge on any atom is -0.454 e. The summed E-state index contributed by atoms with van der Waals surface area (Å²) in [4.78, 5) is 4.35. The number of anilines is 1. The lowest BCUT2D eigenvalue weighted by atomic mass is 10.2. The second-order valence-corrected chi connectivity index (χ2v) is 4.93. The van der Waals surface area contributed by atoms with Gasteiger partial charge in [-0.1, -0.05) is 18.2 Å². The summed E-state index contributed by atoms with van der Waals surface area (Å²) in [6, 6.07) is 13.6. The molecule has 0 amide bonds. The van der Waals surface area contributed by atoms with E-state index in [1.165, 1.54) is 0 Å². The number of furan rings is 1. The smallest absolute Gasteiger partial charge is 0.155 e. The Morgan fingerprint density at radius 2 is 2.09 bits per heavy atom. The van der Waals surface area contributed by atoms with Gasteiger partial charge in [-0.2, -0.15) is 0 Å². The predicted octanol–water partition coefficient (Wildman–Crippen LogP) is 2.55. The number of aromatic nitrogens is 3. The average molecular weight is 294 g/mol. The minimum atomic E-state index is 0.0556. The Balaban J connectivity index is 1.83. The molecule has 1 aromatic carbocycles. The Kier molecular flexibility index (Phi) is 3.01. The molecule has 0 fully saturated rings. The number of fused-ring (bicyclic) bond motifs is 2. The molecule has 0 radical (unpaired) electrons. The molecule has 0 unspecified atom stereocenters. The van der Waals surface area contributed by atoms with Crippen molar-refractivity contribution in [2.24, 2.45) is 0 Å². The van der Waals surface area contributed by atoms with E-state index in [2.05, 4.69) is 15.4 Å². The lowest BCUT2D eigenvalue weighted by Gasteiger charge is -2.04. The Morgan fingerprint density at radius 3 is 2.95 bits per heavy atom. The Bertz CT molecular complexity index is 909. The van der Waals surface area contributed by atoms with Gasteiger partial charge < -0.3 is 14.8 Å². The van der Waals surface area contributed by atoms with Crippen molar-refractivity contribution in [2.75, 3.05) is 18.5 Å². The van der Waals surface area contributed by atoms with E-state index >= 15 is 0 Å². The van der Waals surface area contributed by atoms with Gasteiger partial charge in [0.1, 0.15) is 17.1 Å². The van der Waals surface area contributed by atoms with Crippen LogP contribution in [0.4, 0.5) is 5.82 Å². The second kappa shape index (κ2) is 5.16. The van der Waals surface area contributed by atoms with Crippen LogP contribution in [0, 0.1) is 0 Å². The zero-order valence-corrected chi connectivity index (χ0v) is 11.7. The number of rotatable bonds is 4. The summed E-state index contributed by atoms with van der Waals surface area (Å²) >= 11 is 0. The molecule has 4 aromatic rings. The van der Waals surface area contributed by atoms with E-state index in [-0.39, 0.29) is 6.61 Å². The first kappa shape index (κ1) is 12.8. The number of imidazole rings is 1. The molecule has 22 heavy (non-hydrogen) atoms. The van der Waals surface area contributed by atoms with Crippen LogP contribution in [-0.2, 0) is 0 Å². The number of nitrogens with zero attached hydrogens (tertiary/aromatic N) is 3. The van der Waals surface area contributed by atoms with Crippen LogP contribution in [0.1, 0.15) is 0 Å². The monoisotopic (exact) mass is 294 g/mol. The van der Waals surface area contributed by atoms with Crippen LogP contribution >= 0.6 is 0 Å². The van der Waals surface area contributed by atoms with Gasteiger partial charge in [-0.3, -0.25) is 0 Å². The van der Waals surface area contributed by atoms with Crippen LogP contribution in [0.15, 0.2) is 53.1 Å². The van der Waals surface area contributed by atoms with Crippen molar-refractivity contribution in [1.82, 2.24) is 14.6 Å². The van der Waals surface area contributed by atoms with Gasteiger partial charge >= 0.3 is 0 Å². The third-order valence-electron chi connectivity index (χ3n) is 3.46. The topological polar surface area (TPSA) is 75.6 Å². The molecule has 6 nitrogen and oxygen atoms in total. The van der Waals surface area contributed by atoms with Gasteiger partial charge in [0.2, 0.25) is 0 Å². The third-order valence-corrected chi connectivity index (χ3v) is 3.46. The normalized spacial score (nSPS) is 11.3. The van der Waals surface area contributed by atoms with Crippen LogP contribution < -0.4 is 5.32 Å². The Hall–Kier alpha value is -2.86. The summed E-state index contributed by atoms with van der Waals surface area (Å²) in [7, 11) is 0. The van der Waals surface area contributed by atoms with E-state index in [0.29, 0.717) is 12.4 Å². The van der Waals surface area contributed by atoms with E-state index in [0.717, 1.165) is 28.1 Å². The summed E-state index contributed by atoms with van der Waals surface area (Å²) in [5, 5.41) is 17.5. The van der Waals surface area contributed by atoms with E-state index in [4.69, 9.17) is 9.52 Å². The van der Waals surface area contributed by atoms with E-state index < -0.39 is 0 Å². The second-order valence-electron chi connectivity index (χ2n) is 4.93. The molecule has 0 saturated heterocycles. The van der Waals surface area contributed by atoms with Crippen molar-refractivity contribution < 1.29 is 9.52 Å². The van der Waals surface area contributed by atoms with Crippen LogP contribution in [-0.4, -0.2) is 32.9 Å². The number of aliphatic hydroxyl groups is 1. The first-order valence-corrected chi connectivity index (χ1v) is 7.03. The third kappa shape index (κ3) is 2.10. The van der Waals surface area contributed by atoms with Gasteiger partial charge in [0.05, 0.1) is 12.8 Å². The minimum absolute atomic E-state index is 0.0556.